The van der Waals surface area contributed by atoms with Gasteiger partial charge in [-0.1, -0.05) is 48.0 Å². The fraction of sp³-hybridized carbons (Fsp3) is 0.368. The minimum Gasteiger partial charge on any atom is -0.382 e. The van der Waals surface area contributed by atoms with E-state index in [0.29, 0.717) is 12.0 Å². The molecule has 1 heteroatoms. The molecule has 0 aliphatic carbocycles. The molecule has 1 aliphatic rings. The van der Waals surface area contributed by atoms with Crippen LogP contribution in [-0.4, -0.2) is 6.04 Å². The average molecular weight is 265 g/mol. The molecule has 3 rings (SSSR count). The van der Waals surface area contributed by atoms with Crippen LogP contribution in [-0.2, 0) is 6.42 Å². The summed E-state index contributed by atoms with van der Waals surface area (Å²) in [5.41, 5.74) is 5.63. The molecular weight excluding hydrogens is 242 g/mol. The average Bonchev–Trinajstić information content (AvgIpc) is 2.46. The third-order valence-electron chi connectivity index (χ3n) is 4.34. The van der Waals surface area contributed by atoms with Gasteiger partial charge in [-0.25, -0.2) is 0 Å². The number of fused-ring (bicyclic) bond motifs is 1. The number of benzene rings is 2. The molecule has 2 unspecified atom stereocenters. The fourth-order valence-corrected chi connectivity index (χ4v) is 3.23. The Balaban J connectivity index is 1.73. The van der Waals surface area contributed by atoms with E-state index in [9.17, 15) is 0 Å². The van der Waals surface area contributed by atoms with Crippen molar-refractivity contribution >= 4 is 5.69 Å². The van der Waals surface area contributed by atoms with Gasteiger partial charge in [0.1, 0.15) is 0 Å². The van der Waals surface area contributed by atoms with E-state index in [2.05, 4.69) is 67.7 Å². The third-order valence-corrected chi connectivity index (χ3v) is 4.34. The van der Waals surface area contributed by atoms with Crippen LogP contribution in [0.1, 0.15) is 42.4 Å². The van der Waals surface area contributed by atoms with Gasteiger partial charge in [0, 0.05) is 11.7 Å². The van der Waals surface area contributed by atoms with E-state index in [-0.39, 0.29) is 0 Å². The first kappa shape index (κ1) is 13.2. The van der Waals surface area contributed by atoms with E-state index < -0.39 is 0 Å². The maximum Gasteiger partial charge on any atom is 0.0377 e. The van der Waals surface area contributed by atoms with E-state index in [0.717, 1.165) is 0 Å². The number of rotatable bonds is 3. The van der Waals surface area contributed by atoms with Crippen LogP contribution in [0, 0.1) is 6.92 Å². The highest BCUT2D eigenvalue weighted by Crippen LogP contribution is 2.36. The molecule has 0 saturated heterocycles. The van der Waals surface area contributed by atoms with Gasteiger partial charge in [0.05, 0.1) is 0 Å². The highest BCUT2D eigenvalue weighted by Gasteiger charge is 2.23. The van der Waals surface area contributed by atoms with Gasteiger partial charge >= 0.3 is 0 Å². The maximum atomic E-state index is 3.60. The zero-order valence-electron chi connectivity index (χ0n) is 12.4. The van der Waals surface area contributed by atoms with Crippen molar-refractivity contribution in [2.45, 2.75) is 45.1 Å². The van der Waals surface area contributed by atoms with Crippen molar-refractivity contribution in [1.82, 2.24) is 0 Å². The zero-order valence-corrected chi connectivity index (χ0v) is 12.4. The predicted octanol–water partition coefficient (Wildman–Crippen LogP) is 4.92. The summed E-state index contributed by atoms with van der Waals surface area (Å²) in [6.45, 7) is 4.43. The molecule has 2 aromatic rings. The van der Waals surface area contributed by atoms with E-state index in [4.69, 9.17) is 0 Å². The van der Waals surface area contributed by atoms with Crippen molar-refractivity contribution in [3.8, 4) is 0 Å². The molecule has 0 saturated carbocycles. The topological polar surface area (TPSA) is 12.0 Å². The highest BCUT2D eigenvalue weighted by atomic mass is 14.9. The van der Waals surface area contributed by atoms with Crippen molar-refractivity contribution in [3.63, 3.8) is 0 Å². The van der Waals surface area contributed by atoms with E-state index in [1.54, 1.807) is 0 Å². The molecule has 2 aromatic carbocycles. The molecule has 2 atom stereocenters. The smallest absolute Gasteiger partial charge is 0.0377 e. The molecule has 1 heterocycles. The molecular formula is C19H23N. The largest absolute Gasteiger partial charge is 0.382 e. The molecule has 0 fully saturated rings. The Morgan fingerprint density at radius 1 is 1.05 bits per heavy atom. The van der Waals surface area contributed by atoms with E-state index >= 15 is 0 Å². The summed E-state index contributed by atoms with van der Waals surface area (Å²) in [5.74, 6) is 0.684. The van der Waals surface area contributed by atoms with Crippen LogP contribution in [0.15, 0.2) is 48.5 Å². The van der Waals surface area contributed by atoms with Gasteiger partial charge in [-0.2, -0.15) is 0 Å². The van der Waals surface area contributed by atoms with Crippen LogP contribution in [0.5, 0.6) is 0 Å². The third kappa shape index (κ3) is 2.87. The standard InChI is InChI=1S/C19H23N/c1-14-7-9-16(10-8-14)11-12-17-13-15(2)20-19-6-4-3-5-18(17)19/h3-10,15,17,20H,11-13H2,1-2H3. The minimum atomic E-state index is 0.577. The van der Waals surface area contributed by atoms with Crippen LogP contribution in [0.2, 0.25) is 0 Å². The van der Waals surface area contributed by atoms with E-state index in [1.807, 2.05) is 0 Å². The summed E-state index contributed by atoms with van der Waals surface area (Å²) < 4.78 is 0. The quantitative estimate of drug-likeness (QED) is 0.831. The SMILES string of the molecule is Cc1ccc(CCC2CC(C)Nc3ccccc32)cc1. The maximum absolute atomic E-state index is 3.60. The predicted molar refractivity (Wildman–Crippen MR) is 86.4 cm³/mol. The van der Waals surface area contributed by atoms with Gasteiger partial charge < -0.3 is 5.32 Å². The lowest BCUT2D eigenvalue weighted by Crippen LogP contribution is -2.25. The molecule has 0 aromatic heterocycles. The van der Waals surface area contributed by atoms with Gasteiger partial charge in [-0.15, -0.1) is 0 Å². The lowest BCUT2D eigenvalue weighted by molar-refractivity contribution is 0.522. The molecule has 0 bridgehead atoms. The Bertz CT molecular complexity index is 571. The summed E-state index contributed by atoms with van der Waals surface area (Å²) in [5, 5.41) is 3.60. The normalized spacial score (nSPS) is 21.1. The molecule has 0 spiro atoms. The second-order valence-corrected chi connectivity index (χ2v) is 6.09. The molecule has 1 nitrogen and oxygen atoms in total. The molecule has 20 heavy (non-hydrogen) atoms. The van der Waals surface area contributed by atoms with Crippen molar-refractivity contribution < 1.29 is 0 Å². The van der Waals surface area contributed by atoms with Crippen molar-refractivity contribution in [3.05, 3.63) is 65.2 Å². The number of nitrogens with one attached hydrogen (secondary N) is 1. The Morgan fingerprint density at radius 2 is 1.80 bits per heavy atom. The lowest BCUT2D eigenvalue weighted by Gasteiger charge is -2.31. The first-order valence-corrected chi connectivity index (χ1v) is 7.63. The summed E-state index contributed by atoms with van der Waals surface area (Å²) in [6, 6.07) is 18.3. The minimum absolute atomic E-state index is 0.577. The van der Waals surface area contributed by atoms with Crippen LogP contribution >= 0.6 is 0 Å². The van der Waals surface area contributed by atoms with Crippen molar-refractivity contribution in [2.24, 2.45) is 0 Å². The molecule has 0 amide bonds. The van der Waals surface area contributed by atoms with E-state index in [1.165, 1.54) is 41.6 Å². The van der Waals surface area contributed by atoms with Gasteiger partial charge in [0.2, 0.25) is 0 Å². The lowest BCUT2D eigenvalue weighted by atomic mass is 9.83. The number of para-hydroxylation sites is 1. The number of anilines is 1. The van der Waals surface area contributed by atoms with Gasteiger partial charge in [0.15, 0.2) is 0 Å². The van der Waals surface area contributed by atoms with Crippen LogP contribution in [0.25, 0.3) is 0 Å². The summed E-state index contributed by atoms with van der Waals surface area (Å²) in [4.78, 5) is 0. The Morgan fingerprint density at radius 3 is 2.60 bits per heavy atom. The summed E-state index contributed by atoms with van der Waals surface area (Å²) in [7, 11) is 0. The molecule has 104 valence electrons. The van der Waals surface area contributed by atoms with Gasteiger partial charge in [-0.3, -0.25) is 0 Å². The van der Waals surface area contributed by atoms with Crippen molar-refractivity contribution in [1.29, 1.82) is 0 Å². The Kier molecular flexibility index (Phi) is 3.77. The van der Waals surface area contributed by atoms with Crippen LogP contribution in [0.3, 0.4) is 0 Å². The first-order valence-electron chi connectivity index (χ1n) is 7.63. The van der Waals surface area contributed by atoms with Gasteiger partial charge in [0.25, 0.3) is 0 Å². The number of aryl methyl sites for hydroxylation is 2. The second-order valence-electron chi connectivity index (χ2n) is 6.09. The first-order chi connectivity index (χ1) is 9.72. The molecule has 1 aliphatic heterocycles. The monoisotopic (exact) mass is 265 g/mol. The highest BCUT2D eigenvalue weighted by molar-refractivity contribution is 5.55. The number of hydrogen-bond acceptors (Lipinski definition) is 1. The Labute approximate surface area is 122 Å². The van der Waals surface area contributed by atoms with Crippen molar-refractivity contribution in [2.75, 3.05) is 5.32 Å². The molecule has 1 N–H and O–H groups in total. The summed E-state index contributed by atoms with van der Waals surface area (Å²) in [6.07, 6.45) is 3.65. The van der Waals surface area contributed by atoms with Crippen LogP contribution in [0.4, 0.5) is 5.69 Å². The Hall–Kier alpha value is -1.76. The molecule has 0 radical (unpaired) electrons. The fourth-order valence-electron chi connectivity index (χ4n) is 3.23. The second kappa shape index (κ2) is 5.70. The zero-order chi connectivity index (χ0) is 13.9. The summed E-state index contributed by atoms with van der Waals surface area (Å²) >= 11 is 0. The van der Waals surface area contributed by atoms with Crippen LogP contribution < -0.4 is 5.32 Å². The number of hydrogen-bond donors (Lipinski definition) is 1. The van der Waals surface area contributed by atoms with Gasteiger partial charge in [-0.05, 0) is 56.2 Å².